The third-order valence-electron chi connectivity index (χ3n) is 3.20. The molecular weight excluding hydrogens is 224 g/mol. The van der Waals surface area contributed by atoms with Crippen molar-refractivity contribution in [2.45, 2.75) is 32.6 Å². The van der Waals surface area contributed by atoms with Crippen LogP contribution in [-0.4, -0.2) is 11.5 Å². The van der Waals surface area contributed by atoms with Crippen LogP contribution in [0.5, 0.6) is 0 Å². The van der Waals surface area contributed by atoms with Crippen molar-refractivity contribution in [3.8, 4) is 0 Å². The molecule has 0 fully saturated rings. The van der Waals surface area contributed by atoms with Gasteiger partial charge in [0.1, 0.15) is 0 Å². The average Bonchev–Trinajstić information content (AvgIpc) is 2.28. The lowest BCUT2D eigenvalue weighted by Crippen LogP contribution is -2.16. The second-order valence-corrected chi connectivity index (χ2v) is 5.71. The summed E-state index contributed by atoms with van der Waals surface area (Å²) >= 11 is 0. The molecule has 0 amide bonds. The van der Waals surface area contributed by atoms with E-state index in [4.69, 9.17) is 5.73 Å². The Morgan fingerprint density at radius 2 is 1.94 bits per heavy atom. The molecular formula is C15H20N2O. The average molecular weight is 244 g/mol. The Bertz CT molecular complexity index is 620. The van der Waals surface area contributed by atoms with Crippen molar-refractivity contribution in [3.63, 3.8) is 0 Å². The van der Waals surface area contributed by atoms with E-state index in [1.165, 1.54) is 5.56 Å². The number of nitrogens with two attached hydrogens (primary N) is 1. The lowest BCUT2D eigenvalue weighted by molar-refractivity contribution is 0.591. The summed E-state index contributed by atoms with van der Waals surface area (Å²) in [5.74, 6) is 0. The number of hydrogen-bond donors (Lipinski definition) is 2. The van der Waals surface area contributed by atoms with E-state index >= 15 is 0 Å². The summed E-state index contributed by atoms with van der Waals surface area (Å²) in [5, 5.41) is 1.07. The monoisotopic (exact) mass is 244 g/mol. The molecule has 0 radical (unpaired) electrons. The van der Waals surface area contributed by atoms with Crippen molar-refractivity contribution >= 4 is 10.9 Å². The normalized spacial score (nSPS) is 12.0. The number of pyridine rings is 1. The first-order chi connectivity index (χ1) is 8.41. The zero-order chi connectivity index (χ0) is 13.3. The highest BCUT2D eigenvalue weighted by atomic mass is 16.1. The van der Waals surface area contributed by atoms with Crippen LogP contribution in [0.15, 0.2) is 29.1 Å². The van der Waals surface area contributed by atoms with E-state index in [1.807, 2.05) is 12.1 Å². The van der Waals surface area contributed by atoms with Crippen molar-refractivity contribution < 1.29 is 0 Å². The molecule has 0 aliphatic carbocycles. The van der Waals surface area contributed by atoms with Gasteiger partial charge in [-0.25, -0.2) is 0 Å². The van der Waals surface area contributed by atoms with Crippen molar-refractivity contribution in [1.29, 1.82) is 0 Å². The van der Waals surface area contributed by atoms with E-state index < -0.39 is 0 Å². The summed E-state index contributed by atoms with van der Waals surface area (Å²) in [4.78, 5) is 14.7. The van der Waals surface area contributed by atoms with E-state index in [0.29, 0.717) is 13.0 Å². The van der Waals surface area contributed by atoms with Gasteiger partial charge in [-0.3, -0.25) is 4.79 Å². The summed E-state index contributed by atoms with van der Waals surface area (Å²) in [6.07, 6.45) is 0.616. The molecule has 1 heterocycles. The predicted molar refractivity (Wildman–Crippen MR) is 76.0 cm³/mol. The van der Waals surface area contributed by atoms with Gasteiger partial charge in [-0.1, -0.05) is 26.8 Å². The Hall–Kier alpha value is -1.61. The second kappa shape index (κ2) is 4.58. The number of rotatable bonds is 2. The Labute approximate surface area is 107 Å². The van der Waals surface area contributed by atoms with Crippen LogP contribution < -0.4 is 11.3 Å². The van der Waals surface area contributed by atoms with Gasteiger partial charge in [-0.15, -0.1) is 0 Å². The molecule has 1 aromatic heterocycles. The lowest BCUT2D eigenvalue weighted by atomic mass is 9.86. The summed E-state index contributed by atoms with van der Waals surface area (Å²) < 4.78 is 0. The molecule has 3 heteroatoms. The number of nitrogens with one attached hydrogen (secondary N) is 1. The fourth-order valence-electron chi connectivity index (χ4n) is 2.06. The van der Waals surface area contributed by atoms with Gasteiger partial charge < -0.3 is 10.7 Å². The molecule has 0 atom stereocenters. The molecule has 18 heavy (non-hydrogen) atoms. The van der Waals surface area contributed by atoms with Crippen LogP contribution in [0, 0.1) is 0 Å². The smallest absolute Gasteiger partial charge is 0.251 e. The number of fused-ring (bicyclic) bond motifs is 1. The molecule has 3 nitrogen and oxygen atoms in total. The summed E-state index contributed by atoms with van der Waals surface area (Å²) in [7, 11) is 0. The molecule has 1 aromatic carbocycles. The molecule has 0 aliphatic heterocycles. The maximum Gasteiger partial charge on any atom is 0.251 e. The number of aromatic amines is 1. The molecule has 0 aliphatic rings. The SMILES string of the molecule is CC(C)(C)c1ccc2[nH]c(=O)c(CCN)cc2c1. The lowest BCUT2D eigenvalue weighted by Gasteiger charge is -2.19. The maximum atomic E-state index is 11.8. The highest BCUT2D eigenvalue weighted by molar-refractivity contribution is 5.80. The quantitative estimate of drug-likeness (QED) is 0.851. The number of H-pyrrole nitrogens is 1. The van der Waals surface area contributed by atoms with Crippen molar-refractivity contribution in [3.05, 3.63) is 45.7 Å². The largest absolute Gasteiger partial charge is 0.330 e. The first-order valence-electron chi connectivity index (χ1n) is 6.28. The van der Waals surface area contributed by atoms with Gasteiger partial charge in [0.15, 0.2) is 0 Å². The maximum absolute atomic E-state index is 11.8. The minimum atomic E-state index is -0.0311. The third kappa shape index (κ3) is 2.46. The Morgan fingerprint density at radius 3 is 2.56 bits per heavy atom. The van der Waals surface area contributed by atoms with Crippen molar-refractivity contribution in [2.24, 2.45) is 5.73 Å². The minimum Gasteiger partial charge on any atom is -0.330 e. The fourth-order valence-corrected chi connectivity index (χ4v) is 2.06. The molecule has 0 saturated carbocycles. The van der Waals surface area contributed by atoms with Gasteiger partial charge in [0, 0.05) is 11.1 Å². The standard InChI is InChI=1S/C15H20N2O/c1-15(2,3)12-4-5-13-11(9-12)8-10(6-7-16)14(18)17-13/h4-5,8-9H,6-7,16H2,1-3H3,(H,17,18). The van der Waals surface area contributed by atoms with Crippen molar-refractivity contribution in [1.82, 2.24) is 4.98 Å². The zero-order valence-electron chi connectivity index (χ0n) is 11.2. The van der Waals surface area contributed by atoms with Crippen LogP contribution in [-0.2, 0) is 11.8 Å². The van der Waals surface area contributed by atoms with Gasteiger partial charge in [-0.2, -0.15) is 0 Å². The Morgan fingerprint density at radius 1 is 1.22 bits per heavy atom. The van der Waals surface area contributed by atoms with Crippen molar-refractivity contribution in [2.75, 3.05) is 6.54 Å². The Balaban J connectivity index is 2.62. The highest BCUT2D eigenvalue weighted by Crippen LogP contribution is 2.25. The van der Waals surface area contributed by atoms with Gasteiger partial charge in [0.05, 0.1) is 0 Å². The molecule has 96 valence electrons. The number of aromatic nitrogens is 1. The number of hydrogen-bond acceptors (Lipinski definition) is 2. The molecule has 2 rings (SSSR count). The van der Waals surface area contributed by atoms with Crippen LogP contribution >= 0.6 is 0 Å². The topological polar surface area (TPSA) is 58.9 Å². The van der Waals surface area contributed by atoms with Gasteiger partial charge in [0.2, 0.25) is 0 Å². The van der Waals surface area contributed by atoms with Crippen LogP contribution in [0.1, 0.15) is 31.9 Å². The summed E-state index contributed by atoms with van der Waals surface area (Å²) in [5.41, 5.74) is 8.51. The molecule has 3 N–H and O–H groups in total. The van der Waals surface area contributed by atoms with Crippen LogP contribution in [0.2, 0.25) is 0 Å². The van der Waals surface area contributed by atoms with E-state index in [0.717, 1.165) is 16.5 Å². The fraction of sp³-hybridized carbons (Fsp3) is 0.400. The van der Waals surface area contributed by atoms with E-state index in [2.05, 4.69) is 37.9 Å². The van der Waals surface area contributed by atoms with Crippen LogP contribution in [0.3, 0.4) is 0 Å². The Kier molecular flexibility index (Phi) is 3.26. The van der Waals surface area contributed by atoms with Gasteiger partial charge >= 0.3 is 0 Å². The molecule has 0 spiro atoms. The third-order valence-corrected chi connectivity index (χ3v) is 3.20. The molecule has 0 unspecified atom stereocenters. The first kappa shape index (κ1) is 12.8. The summed E-state index contributed by atoms with van der Waals surface area (Å²) in [6, 6.07) is 8.14. The highest BCUT2D eigenvalue weighted by Gasteiger charge is 2.14. The molecule has 0 saturated heterocycles. The number of benzene rings is 1. The zero-order valence-corrected chi connectivity index (χ0v) is 11.2. The van der Waals surface area contributed by atoms with E-state index in [1.54, 1.807) is 0 Å². The first-order valence-corrected chi connectivity index (χ1v) is 6.28. The second-order valence-electron chi connectivity index (χ2n) is 5.71. The van der Waals surface area contributed by atoms with Gasteiger partial charge in [-0.05, 0) is 47.5 Å². The van der Waals surface area contributed by atoms with E-state index in [-0.39, 0.29) is 11.0 Å². The predicted octanol–water partition coefficient (Wildman–Crippen LogP) is 2.33. The molecule has 0 bridgehead atoms. The molecule has 2 aromatic rings. The summed E-state index contributed by atoms with van der Waals surface area (Å²) in [6.45, 7) is 7.04. The minimum absolute atomic E-state index is 0.0311. The van der Waals surface area contributed by atoms with Gasteiger partial charge in [0.25, 0.3) is 5.56 Å². The van der Waals surface area contributed by atoms with Crippen LogP contribution in [0.25, 0.3) is 10.9 Å². The van der Waals surface area contributed by atoms with E-state index in [9.17, 15) is 4.79 Å². The van der Waals surface area contributed by atoms with Crippen LogP contribution in [0.4, 0.5) is 0 Å².